The molecule has 1 aromatic rings. The first-order chi connectivity index (χ1) is 8.36. The first-order valence-corrected chi connectivity index (χ1v) is 6.19. The lowest BCUT2D eigenvalue weighted by Gasteiger charge is -2.48. The smallest absolute Gasteiger partial charge is 0.239 e. The summed E-state index contributed by atoms with van der Waals surface area (Å²) in [5.41, 5.74) is 1.24. The van der Waals surface area contributed by atoms with Gasteiger partial charge in [-0.25, -0.2) is 5.01 Å². The van der Waals surface area contributed by atoms with E-state index in [-0.39, 0.29) is 11.9 Å². The zero-order valence-electron chi connectivity index (χ0n) is 9.80. The Labute approximate surface area is 101 Å². The van der Waals surface area contributed by atoms with Crippen molar-refractivity contribution in [1.29, 1.82) is 0 Å². The largest absolute Gasteiger partial charge is 0.314 e. The van der Waals surface area contributed by atoms with Crippen LogP contribution in [0, 0.1) is 0 Å². The maximum absolute atomic E-state index is 11.8. The van der Waals surface area contributed by atoms with Gasteiger partial charge in [0.05, 0.1) is 12.5 Å². The van der Waals surface area contributed by atoms with Crippen molar-refractivity contribution >= 4 is 5.91 Å². The number of benzene rings is 1. The molecular formula is C13H17N3O. The van der Waals surface area contributed by atoms with E-state index in [0.717, 1.165) is 26.2 Å². The van der Waals surface area contributed by atoms with Crippen LogP contribution in [0.25, 0.3) is 0 Å². The van der Waals surface area contributed by atoms with Crippen molar-refractivity contribution in [3.63, 3.8) is 0 Å². The molecule has 1 N–H and O–H groups in total. The van der Waals surface area contributed by atoms with Gasteiger partial charge in [-0.05, 0) is 5.56 Å². The molecule has 1 unspecified atom stereocenters. The first-order valence-electron chi connectivity index (χ1n) is 6.19. The second kappa shape index (κ2) is 4.47. The monoisotopic (exact) mass is 231 g/mol. The van der Waals surface area contributed by atoms with Gasteiger partial charge in [0.25, 0.3) is 0 Å². The Morgan fingerprint density at radius 1 is 1.12 bits per heavy atom. The Morgan fingerprint density at radius 3 is 2.47 bits per heavy atom. The quantitative estimate of drug-likeness (QED) is 0.764. The van der Waals surface area contributed by atoms with Crippen LogP contribution in [0.3, 0.4) is 0 Å². The van der Waals surface area contributed by atoms with Crippen LogP contribution in [0.4, 0.5) is 0 Å². The van der Waals surface area contributed by atoms with Crippen LogP contribution in [0.5, 0.6) is 0 Å². The minimum Gasteiger partial charge on any atom is -0.314 e. The number of β-lactam (4-membered cyclic amide) rings is 1. The van der Waals surface area contributed by atoms with Gasteiger partial charge in [0.15, 0.2) is 0 Å². The molecule has 0 aliphatic carbocycles. The summed E-state index contributed by atoms with van der Waals surface area (Å²) in [7, 11) is 0. The molecule has 3 rings (SSSR count). The van der Waals surface area contributed by atoms with E-state index in [1.165, 1.54) is 5.56 Å². The predicted molar refractivity (Wildman–Crippen MR) is 65.1 cm³/mol. The van der Waals surface area contributed by atoms with Crippen LogP contribution in [0.2, 0.25) is 0 Å². The van der Waals surface area contributed by atoms with Crippen molar-refractivity contribution in [2.75, 3.05) is 26.2 Å². The molecule has 4 nitrogen and oxygen atoms in total. The highest BCUT2D eigenvalue weighted by atomic mass is 16.2. The highest BCUT2D eigenvalue weighted by Gasteiger charge is 2.41. The molecule has 4 heteroatoms. The minimum absolute atomic E-state index is 0.251. The molecule has 0 radical (unpaired) electrons. The molecular weight excluding hydrogens is 214 g/mol. The van der Waals surface area contributed by atoms with Gasteiger partial charge in [-0.1, -0.05) is 30.3 Å². The number of hydrogen-bond acceptors (Lipinski definition) is 3. The molecule has 2 aliphatic rings. The number of nitrogens with one attached hydrogen (secondary N) is 1. The van der Waals surface area contributed by atoms with E-state index in [9.17, 15) is 4.79 Å². The second-order valence-corrected chi connectivity index (χ2v) is 4.57. The summed E-state index contributed by atoms with van der Waals surface area (Å²) < 4.78 is 0. The number of hydrogen-bond donors (Lipinski definition) is 1. The van der Waals surface area contributed by atoms with E-state index < -0.39 is 0 Å². The molecule has 0 aromatic heterocycles. The van der Waals surface area contributed by atoms with Gasteiger partial charge in [0.1, 0.15) is 0 Å². The van der Waals surface area contributed by atoms with Crippen molar-refractivity contribution in [3.05, 3.63) is 35.9 Å². The standard InChI is InChI=1S/C13H17N3O/c17-13-10-12(11-4-2-1-3-5-11)16(13)15-8-6-14-7-9-15/h1-5,12,14H,6-10H2. The van der Waals surface area contributed by atoms with Crippen molar-refractivity contribution in [3.8, 4) is 0 Å². The Kier molecular flexibility index (Phi) is 2.82. The van der Waals surface area contributed by atoms with Gasteiger partial charge < -0.3 is 5.32 Å². The zero-order valence-corrected chi connectivity index (χ0v) is 9.80. The molecule has 0 bridgehead atoms. The number of carbonyl (C=O) groups is 1. The van der Waals surface area contributed by atoms with Crippen LogP contribution in [-0.2, 0) is 4.79 Å². The molecule has 2 heterocycles. The SMILES string of the molecule is O=C1CC(c2ccccc2)N1N1CCNCC1. The van der Waals surface area contributed by atoms with Gasteiger partial charge in [0.2, 0.25) is 5.91 Å². The van der Waals surface area contributed by atoms with Gasteiger partial charge in [0, 0.05) is 26.2 Å². The highest BCUT2D eigenvalue weighted by Crippen LogP contribution is 2.35. The maximum atomic E-state index is 11.8. The van der Waals surface area contributed by atoms with E-state index in [1.54, 1.807) is 0 Å². The molecule has 2 saturated heterocycles. The number of rotatable bonds is 2. The molecule has 0 saturated carbocycles. The Morgan fingerprint density at radius 2 is 1.82 bits per heavy atom. The Balaban J connectivity index is 1.76. The molecule has 2 aliphatic heterocycles. The average Bonchev–Trinajstić information content (AvgIpc) is 2.38. The Bertz CT molecular complexity index is 400. The summed E-state index contributed by atoms with van der Waals surface area (Å²) in [6.07, 6.45) is 0.647. The average molecular weight is 231 g/mol. The lowest BCUT2D eigenvalue weighted by Crippen LogP contribution is -2.60. The van der Waals surface area contributed by atoms with Crippen LogP contribution in [-0.4, -0.2) is 42.1 Å². The molecule has 90 valence electrons. The normalized spacial score (nSPS) is 25.8. The number of nitrogens with zero attached hydrogens (tertiary/aromatic N) is 2. The molecule has 1 atom stereocenters. The summed E-state index contributed by atoms with van der Waals surface area (Å²) in [5, 5.41) is 7.43. The summed E-state index contributed by atoms with van der Waals surface area (Å²) >= 11 is 0. The molecule has 1 aromatic carbocycles. The summed E-state index contributed by atoms with van der Waals surface area (Å²) in [4.78, 5) is 11.8. The second-order valence-electron chi connectivity index (χ2n) is 4.57. The minimum atomic E-state index is 0.251. The van der Waals surface area contributed by atoms with E-state index in [1.807, 2.05) is 23.2 Å². The molecule has 1 amide bonds. The van der Waals surface area contributed by atoms with Gasteiger partial charge in [-0.3, -0.25) is 9.80 Å². The fourth-order valence-electron chi connectivity index (χ4n) is 2.56. The van der Waals surface area contributed by atoms with Crippen LogP contribution < -0.4 is 5.32 Å². The van der Waals surface area contributed by atoms with E-state index in [4.69, 9.17) is 0 Å². The van der Waals surface area contributed by atoms with Gasteiger partial charge >= 0.3 is 0 Å². The summed E-state index contributed by atoms with van der Waals surface area (Å²) in [5.74, 6) is 0.251. The molecule has 0 spiro atoms. The lowest BCUT2D eigenvalue weighted by molar-refractivity contribution is -0.179. The zero-order chi connectivity index (χ0) is 11.7. The first kappa shape index (κ1) is 10.7. The third kappa shape index (κ3) is 1.94. The van der Waals surface area contributed by atoms with E-state index >= 15 is 0 Å². The van der Waals surface area contributed by atoms with Crippen LogP contribution in [0.1, 0.15) is 18.0 Å². The molecule has 2 fully saturated rings. The van der Waals surface area contributed by atoms with Crippen molar-refractivity contribution < 1.29 is 4.79 Å². The third-order valence-electron chi connectivity index (χ3n) is 3.50. The highest BCUT2D eigenvalue weighted by molar-refractivity contribution is 5.83. The number of hydrazine groups is 1. The summed E-state index contributed by atoms with van der Waals surface area (Å²) in [6, 6.07) is 10.5. The maximum Gasteiger partial charge on any atom is 0.239 e. The van der Waals surface area contributed by atoms with Crippen LogP contribution >= 0.6 is 0 Å². The fourth-order valence-corrected chi connectivity index (χ4v) is 2.56. The fraction of sp³-hybridized carbons (Fsp3) is 0.462. The number of amides is 1. The lowest BCUT2D eigenvalue weighted by atomic mass is 9.96. The van der Waals surface area contributed by atoms with Crippen molar-refractivity contribution in [2.24, 2.45) is 0 Å². The molecule has 17 heavy (non-hydrogen) atoms. The summed E-state index contributed by atoms with van der Waals surface area (Å²) in [6.45, 7) is 3.78. The Hall–Kier alpha value is -1.39. The topological polar surface area (TPSA) is 35.6 Å². The van der Waals surface area contributed by atoms with Crippen LogP contribution in [0.15, 0.2) is 30.3 Å². The number of carbonyl (C=O) groups excluding carboxylic acids is 1. The third-order valence-corrected chi connectivity index (χ3v) is 3.50. The van der Waals surface area contributed by atoms with Gasteiger partial charge in [-0.2, -0.15) is 0 Å². The van der Waals surface area contributed by atoms with Crippen molar-refractivity contribution in [1.82, 2.24) is 15.3 Å². The van der Waals surface area contributed by atoms with E-state index in [0.29, 0.717) is 6.42 Å². The van der Waals surface area contributed by atoms with Crippen molar-refractivity contribution in [2.45, 2.75) is 12.5 Å². The number of piperazine rings is 1. The predicted octanol–water partition coefficient (Wildman–Crippen LogP) is 0.780. The van der Waals surface area contributed by atoms with E-state index in [2.05, 4.69) is 22.5 Å². The van der Waals surface area contributed by atoms with Gasteiger partial charge in [-0.15, -0.1) is 0 Å².